The number of sulfonamides is 1. The second-order valence-electron chi connectivity index (χ2n) is 5.65. The third-order valence-corrected chi connectivity index (χ3v) is 5.86. The summed E-state index contributed by atoms with van der Waals surface area (Å²) in [5.41, 5.74) is 1.19. The molecule has 0 aliphatic carbocycles. The number of anilines is 1. The SMILES string of the molecule is CCCCC(=O)Nc1ccc(C)c(S(=O)(=O)N2CCOCC2)c1. The quantitative estimate of drug-likeness (QED) is 0.861. The Morgan fingerprint density at radius 2 is 2.00 bits per heavy atom. The number of nitrogens with one attached hydrogen (secondary N) is 1. The van der Waals surface area contributed by atoms with Crippen molar-refractivity contribution in [3.05, 3.63) is 23.8 Å². The Morgan fingerprint density at radius 1 is 1.30 bits per heavy atom. The minimum atomic E-state index is -3.57. The molecule has 128 valence electrons. The molecule has 0 unspecified atom stereocenters. The van der Waals surface area contributed by atoms with Crippen LogP contribution in [0.15, 0.2) is 23.1 Å². The molecule has 0 saturated carbocycles. The zero-order valence-corrected chi connectivity index (χ0v) is 14.5. The summed E-state index contributed by atoms with van der Waals surface area (Å²) >= 11 is 0. The van der Waals surface area contributed by atoms with Crippen molar-refractivity contribution < 1.29 is 17.9 Å². The lowest BCUT2D eigenvalue weighted by molar-refractivity contribution is -0.116. The van der Waals surface area contributed by atoms with Crippen LogP contribution in [-0.4, -0.2) is 44.9 Å². The Morgan fingerprint density at radius 3 is 2.65 bits per heavy atom. The van der Waals surface area contributed by atoms with E-state index in [0.29, 0.717) is 44.0 Å². The molecule has 0 aromatic heterocycles. The van der Waals surface area contributed by atoms with Crippen molar-refractivity contribution in [2.45, 2.75) is 38.0 Å². The molecule has 2 rings (SSSR count). The average Bonchev–Trinajstić information content (AvgIpc) is 2.55. The van der Waals surface area contributed by atoms with E-state index < -0.39 is 10.0 Å². The summed E-state index contributed by atoms with van der Waals surface area (Å²) in [4.78, 5) is 12.1. The fourth-order valence-corrected chi connectivity index (χ4v) is 4.10. The van der Waals surface area contributed by atoms with Crippen LogP contribution in [0.2, 0.25) is 0 Å². The van der Waals surface area contributed by atoms with Crippen LogP contribution < -0.4 is 5.32 Å². The van der Waals surface area contributed by atoms with Crippen LogP contribution in [0.5, 0.6) is 0 Å². The van der Waals surface area contributed by atoms with Gasteiger partial charge in [-0.1, -0.05) is 19.4 Å². The monoisotopic (exact) mass is 340 g/mol. The van der Waals surface area contributed by atoms with Crippen LogP contribution in [0.1, 0.15) is 31.7 Å². The molecule has 0 radical (unpaired) electrons. The summed E-state index contributed by atoms with van der Waals surface area (Å²) in [5, 5.41) is 2.77. The van der Waals surface area contributed by atoms with E-state index in [-0.39, 0.29) is 10.8 Å². The van der Waals surface area contributed by atoms with Gasteiger partial charge >= 0.3 is 0 Å². The maximum absolute atomic E-state index is 12.8. The lowest BCUT2D eigenvalue weighted by Crippen LogP contribution is -2.40. The van der Waals surface area contributed by atoms with Gasteiger partial charge in [-0.05, 0) is 31.0 Å². The number of hydrogen-bond acceptors (Lipinski definition) is 4. The van der Waals surface area contributed by atoms with Gasteiger partial charge < -0.3 is 10.1 Å². The number of hydrogen-bond donors (Lipinski definition) is 1. The lowest BCUT2D eigenvalue weighted by Gasteiger charge is -2.26. The predicted octanol–water partition coefficient (Wildman–Crippen LogP) is 2.14. The van der Waals surface area contributed by atoms with Gasteiger partial charge in [0.05, 0.1) is 18.1 Å². The van der Waals surface area contributed by atoms with Gasteiger partial charge in [0.1, 0.15) is 0 Å². The van der Waals surface area contributed by atoms with Crippen LogP contribution in [0.4, 0.5) is 5.69 Å². The van der Waals surface area contributed by atoms with E-state index >= 15 is 0 Å². The number of rotatable bonds is 6. The molecule has 1 amide bonds. The summed E-state index contributed by atoms with van der Waals surface area (Å²) in [6.45, 7) is 5.31. The molecule has 1 aromatic rings. The van der Waals surface area contributed by atoms with Crippen molar-refractivity contribution in [1.82, 2.24) is 4.31 Å². The Hall–Kier alpha value is -1.44. The molecule has 7 heteroatoms. The highest BCUT2D eigenvalue weighted by atomic mass is 32.2. The molecule has 23 heavy (non-hydrogen) atoms. The highest BCUT2D eigenvalue weighted by Gasteiger charge is 2.28. The summed E-state index contributed by atoms with van der Waals surface area (Å²) in [5.74, 6) is -0.0922. The van der Waals surface area contributed by atoms with Crippen LogP contribution in [-0.2, 0) is 19.6 Å². The van der Waals surface area contributed by atoms with Crippen molar-refractivity contribution >= 4 is 21.6 Å². The molecule has 1 aliphatic heterocycles. The largest absolute Gasteiger partial charge is 0.379 e. The smallest absolute Gasteiger partial charge is 0.243 e. The lowest BCUT2D eigenvalue weighted by atomic mass is 10.2. The molecule has 6 nitrogen and oxygen atoms in total. The molecule has 0 bridgehead atoms. The van der Waals surface area contributed by atoms with Crippen molar-refractivity contribution in [1.29, 1.82) is 0 Å². The van der Waals surface area contributed by atoms with Crippen LogP contribution in [0, 0.1) is 6.92 Å². The first-order valence-electron chi connectivity index (χ1n) is 7.93. The number of carbonyl (C=O) groups is 1. The standard InChI is InChI=1S/C16H24N2O4S/c1-3-4-5-16(19)17-14-7-6-13(2)15(12-14)23(20,21)18-8-10-22-11-9-18/h6-7,12H,3-5,8-11H2,1-2H3,(H,17,19). The third kappa shape index (κ3) is 4.53. The van der Waals surface area contributed by atoms with Crippen molar-refractivity contribution in [2.75, 3.05) is 31.6 Å². The molecular formula is C16H24N2O4S. The fraction of sp³-hybridized carbons (Fsp3) is 0.562. The van der Waals surface area contributed by atoms with Gasteiger partial charge in [-0.15, -0.1) is 0 Å². The van der Waals surface area contributed by atoms with E-state index in [2.05, 4.69) is 5.32 Å². The van der Waals surface area contributed by atoms with E-state index in [0.717, 1.165) is 12.8 Å². The molecule has 1 fully saturated rings. The maximum Gasteiger partial charge on any atom is 0.243 e. The highest BCUT2D eigenvalue weighted by Crippen LogP contribution is 2.24. The molecule has 1 N–H and O–H groups in total. The van der Waals surface area contributed by atoms with Crippen LogP contribution in [0.25, 0.3) is 0 Å². The number of nitrogens with zero attached hydrogens (tertiary/aromatic N) is 1. The van der Waals surface area contributed by atoms with Crippen LogP contribution >= 0.6 is 0 Å². The molecule has 0 atom stereocenters. The number of unbranched alkanes of at least 4 members (excludes halogenated alkanes) is 1. The zero-order chi connectivity index (χ0) is 16.9. The minimum absolute atomic E-state index is 0.0922. The molecule has 1 aromatic carbocycles. The van der Waals surface area contributed by atoms with Gasteiger partial charge in [0.25, 0.3) is 0 Å². The Bertz CT molecular complexity index is 652. The Balaban J connectivity index is 2.21. The maximum atomic E-state index is 12.8. The molecule has 1 saturated heterocycles. The first kappa shape index (κ1) is 17.9. The van der Waals surface area contributed by atoms with E-state index in [1.807, 2.05) is 6.92 Å². The van der Waals surface area contributed by atoms with E-state index in [1.165, 1.54) is 4.31 Å². The van der Waals surface area contributed by atoms with Crippen molar-refractivity contribution in [2.24, 2.45) is 0 Å². The topological polar surface area (TPSA) is 75.7 Å². The fourth-order valence-electron chi connectivity index (χ4n) is 2.44. The second kappa shape index (κ2) is 7.90. The number of morpholine rings is 1. The molecule has 1 heterocycles. The first-order chi connectivity index (χ1) is 10.9. The third-order valence-electron chi connectivity index (χ3n) is 3.82. The first-order valence-corrected chi connectivity index (χ1v) is 9.37. The van der Waals surface area contributed by atoms with Crippen molar-refractivity contribution in [3.8, 4) is 0 Å². The van der Waals surface area contributed by atoms with E-state index in [1.54, 1.807) is 25.1 Å². The molecular weight excluding hydrogens is 316 g/mol. The van der Waals surface area contributed by atoms with Gasteiger partial charge in [0.2, 0.25) is 15.9 Å². The van der Waals surface area contributed by atoms with E-state index in [4.69, 9.17) is 4.74 Å². The number of carbonyl (C=O) groups excluding carboxylic acids is 1. The van der Waals surface area contributed by atoms with Crippen LogP contribution in [0.3, 0.4) is 0 Å². The Labute approximate surface area is 137 Å². The highest BCUT2D eigenvalue weighted by molar-refractivity contribution is 7.89. The zero-order valence-electron chi connectivity index (χ0n) is 13.7. The summed E-state index contributed by atoms with van der Waals surface area (Å²) < 4.78 is 32.2. The molecule has 0 spiro atoms. The predicted molar refractivity (Wildman–Crippen MR) is 88.9 cm³/mol. The van der Waals surface area contributed by atoms with Gasteiger partial charge in [-0.3, -0.25) is 4.79 Å². The van der Waals surface area contributed by atoms with Crippen molar-refractivity contribution in [3.63, 3.8) is 0 Å². The minimum Gasteiger partial charge on any atom is -0.379 e. The second-order valence-corrected chi connectivity index (χ2v) is 7.55. The molecule has 1 aliphatic rings. The van der Waals surface area contributed by atoms with Gasteiger partial charge in [0, 0.05) is 25.2 Å². The Kier molecular flexibility index (Phi) is 6.15. The number of aryl methyl sites for hydroxylation is 1. The average molecular weight is 340 g/mol. The number of amides is 1. The summed E-state index contributed by atoms with van der Waals surface area (Å²) in [7, 11) is -3.57. The summed E-state index contributed by atoms with van der Waals surface area (Å²) in [6, 6.07) is 5.00. The number of ether oxygens (including phenoxy) is 1. The number of benzene rings is 1. The van der Waals surface area contributed by atoms with Gasteiger partial charge in [-0.2, -0.15) is 4.31 Å². The van der Waals surface area contributed by atoms with Gasteiger partial charge in [-0.25, -0.2) is 8.42 Å². The summed E-state index contributed by atoms with van der Waals surface area (Å²) in [6.07, 6.45) is 2.20. The van der Waals surface area contributed by atoms with Gasteiger partial charge in [0.15, 0.2) is 0 Å². The normalized spacial score (nSPS) is 16.3. The van der Waals surface area contributed by atoms with E-state index in [9.17, 15) is 13.2 Å².